The molecule has 0 amide bonds. The molecule has 0 aliphatic heterocycles. The van der Waals surface area contributed by atoms with Gasteiger partial charge in [0.05, 0.1) is 0 Å². The van der Waals surface area contributed by atoms with E-state index in [1.807, 2.05) is 0 Å². The highest BCUT2D eigenvalue weighted by molar-refractivity contribution is 9.09. The molecule has 0 saturated carbocycles. The Morgan fingerprint density at radius 1 is 1.83 bits per heavy atom. The van der Waals surface area contributed by atoms with E-state index in [2.05, 4.69) is 22.9 Å². The minimum atomic E-state index is 0.324. The summed E-state index contributed by atoms with van der Waals surface area (Å²) in [6.45, 7) is 2.07. The van der Waals surface area contributed by atoms with Crippen LogP contribution in [0.1, 0.15) is 13.3 Å². The van der Waals surface area contributed by atoms with Gasteiger partial charge in [-0.25, -0.2) is 0 Å². The summed E-state index contributed by atoms with van der Waals surface area (Å²) in [5.41, 5.74) is 0. The van der Waals surface area contributed by atoms with Crippen molar-refractivity contribution < 1.29 is 0 Å². The van der Waals surface area contributed by atoms with Crippen molar-refractivity contribution >= 4 is 27.5 Å². The predicted molar refractivity (Wildman–Crippen MR) is 33.7 cm³/mol. The van der Waals surface area contributed by atoms with E-state index in [0.29, 0.717) is 5.38 Å². The Bertz CT molecular complexity index is 26.7. The number of alkyl halides is 2. The third kappa shape index (κ3) is 2.98. The molecule has 0 aromatic heterocycles. The van der Waals surface area contributed by atoms with Crippen LogP contribution in [-0.4, -0.2) is 10.7 Å². The molecule has 0 N–H and O–H groups in total. The van der Waals surface area contributed by atoms with Gasteiger partial charge in [0.2, 0.25) is 0 Å². The molecule has 6 heavy (non-hydrogen) atoms. The second-order valence-corrected chi connectivity index (χ2v) is 2.42. The van der Waals surface area contributed by atoms with Crippen LogP contribution in [0.3, 0.4) is 0 Å². The molecule has 38 valence electrons. The van der Waals surface area contributed by atoms with Crippen LogP contribution in [0, 0.1) is 0 Å². The Hall–Kier alpha value is 0.770. The lowest BCUT2D eigenvalue weighted by Crippen LogP contribution is -1.94. The molecule has 0 radical (unpaired) electrons. The SMILES string of the molecule is CCC(Cl)CBr. The average molecular weight is 171 g/mol. The zero-order valence-electron chi connectivity index (χ0n) is 3.75. The second kappa shape index (κ2) is 3.94. The highest BCUT2D eigenvalue weighted by Crippen LogP contribution is 2.02. The lowest BCUT2D eigenvalue weighted by atomic mass is 10.4. The molecule has 0 rings (SSSR count). The van der Waals surface area contributed by atoms with Crippen molar-refractivity contribution in [2.24, 2.45) is 0 Å². The van der Waals surface area contributed by atoms with Crippen molar-refractivity contribution in [2.45, 2.75) is 18.7 Å². The van der Waals surface area contributed by atoms with Gasteiger partial charge in [0.25, 0.3) is 0 Å². The van der Waals surface area contributed by atoms with Crippen molar-refractivity contribution in [3.05, 3.63) is 0 Å². The maximum atomic E-state index is 5.60. The number of halogens is 2. The first kappa shape index (κ1) is 6.77. The van der Waals surface area contributed by atoms with Gasteiger partial charge in [0.15, 0.2) is 0 Å². The normalized spacial score (nSPS) is 14.5. The summed E-state index contributed by atoms with van der Waals surface area (Å²) in [5.74, 6) is 0. The molecule has 0 heterocycles. The molecule has 0 saturated heterocycles. The summed E-state index contributed by atoms with van der Waals surface area (Å²) in [4.78, 5) is 0. The van der Waals surface area contributed by atoms with Crippen molar-refractivity contribution in [2.75, 3.05) is 5.33 Å². The lowest BCUT2D eigenvalue weighted by molar-refractivity contribution is 0.911. The molecule has 0 aromatic carbocycles. The standard InChI is InChI=1S/C4H8BrCl/c1-2-4(6)3-5/h4H,2-3H2,1H3. The van der Waals surface area contributed by atoms with Crippen molar-refractivity contribution in [1.82, 2.24) is 0 Å². The number of hydrogen-bond acceptors (Lipinski definition) is 0. The van der Waals surface area contributed by atoms with Gasteiger partial charge in [0, 0.05) is 10.7 Å². The fourth-order valence-electron chi connectivity index (χ4n) is 0.109. The van der Waals surface area contributed by atoms with Gasteiger partial charge in [-0.1, -0.05) is 22.9 Å². The topological polar surface area (TPSA) is 0 Å². The van der Waals surface area contributed by atoms with Crippen LogP contribution < -0.4 is 0 Å². The van der Waals surface area contributed by atoms with Crippen LogP contribution in [0.4, 0.5) is 0 Å². The zero-order chi connectivity index (χ0) is 4.99. The van der Waals surface area contributed by atoms with Crippen LogP contribution in [0.25, 0.3) is 0 Å². The molecule has 0 aromatic rings. The average Bonchev–Trinajstić information content (AvgIpc) is 1.65. The maximum absolute atomic E-state index is 5.60. The zero-order valence-corrected chi connectivity index (χ0v) is 6.09. The second-order valence-electron chi connectivity index (χ2n) is 1.16. The summed E-state index contributed by atoms with van der Waals surface area (Å²) in [6.07, 6.45) is 1.05. The summed E-state index contributed by atoms with van der Waals surface area (Å²) < 4.78 is 0. The molecule has 0 bridgehead atoms. The van der Waals surface area contributed by atoms with Gasteiger partial charge in [0.1, 0.15) is 0 Å². The molecular weight excluding hydrogens is 163 g/mol. The first-order chi connectivity index (χ1) is 2.81. The molecule has 0 fully saturated rings. The Kier molecular flexibility index (Phi) is 4.45. The van der Waals surface area contributed by atoms with Gasteiger partial charge < -0.3 is 0 Å². The van der Waals surface area contributed by atoms with E-state index >= 15 is 0 Å². The van der Waals surface area contributed by atoms with Gasteiger partial charge >= 0.3 is 0 Å². The lowest BCUT2D eigenvalue weighted by Gasteiger charge is -1.94. The summed E-state index contributed by atoms with van der Waals surface area (Å²) in [5, 5.41) is 1.23. The van der Waals surface area contributed by atoms with E-state index in [0.717, 1.165) is 11.8 Å². The van der Waals surface area contributed by atoms with Crippen LogP contribution >= 0.6 is 27.5 Å². The summed E-state index contributed by atoms with van der Waals surface area (Å²) in [6, 6.07) is 0. The molecule has 1 unspecified atom stereocenters. The van der Waals surface area contributed by atoms with Crippen LogP contribution in [0.15, 0.2) is 0 Å². The molecule has 0 spiro atoms. The van der Waals surface area contributed by atoms with Gasteiger partial charge in [-0.3, -0.25) is 0 Å². The van der Waals surface area contributed by atoms with Gasteiger partial charge in [-0.2, -0.15) is 0 Å². The van der Waals surface area contributed by atoms with E-state index < -0.39 is 0 Å². The van der Waals surface area contributed by atoms with Crippen molar-refractivity contribution in [3.8, 4) is 0 Å². The molecule has 0 aliphatic rings. The third-order valence-corrected chi connectivity index (χ3v) is 2.23. The van der Waals surface area contributed by atoms with Crippen LogP contribution in [0.2, 0.25) is 0 Å². The van der Waals surface area contributed by atoms with Crippen LogP contribution in [-0.2, 0) is 0 Å². The molecule has 2 heteroatoms. The first-order valence-corrected chi connectivity index (χ1v) is 3.57. The van der Waals surface area contributed by atoms with Crippen molar-refractivity contribution in [1.29, 1.82) is 0 Å². The van der Waals surface area contributed by atoms with Crippen molar-refractivity contribution in [3.63, 3.8) is 0 Å². The van der Waals surface area contributed by atoms with E-state index in [1.165, 1.54) is 0 Å². The monoisotopic (exact) mass is 170 g/mol. The summed E-state index contributed by atoms with van der Waals surface area (Å²) in [7, 11) is 0. The fraction of sp³-hybridized carbons (Fsp3) is 1.00. The Morgan fingerprint density at radius 2 is 2.33 bits per heavy atom. The van der Waals surface area contributed by atoms with E-state index in [1.54, 1.807) is 0 Å². The maximum Gasteiger partial charge on any atom is 0.0430 e. The highest BCUT2D eigenvalue weighted by Gasteiger charge is 1.93. The van der Waals surface area contributed by atoms with E-state index in [9.17, 15) is 0 Å². The number of hydrogen-bond donors (Lipinski definition) is 0. The fourth-order valence-corrected chi connectivity index (χ4v) is 0.567. The summed E-state index contributed by atoms with van der Waals surface area (Å²) >= 11 is 8.85. The third-order valence-electron chi connectivity index (χ3n) is 0.610. The largest absolute Gasteiger partial charge is 0.122 e. The first-order valence-electron chi connectivity index (χ1n) is 2.01. The molecule has 1 atom stereocenters. The minimum Gasteiger partial charge on any atom is -0.122 e. The number of rotatable bonds is 2. The van der Waals surface area contributed by atoms with E-state index in [-0.39, 0.29) is 0 Å². The Morgan fingerprint density at radius 3 is 2.33 bits per heavy atom. The smallest absolute Gasteiger partial charge is 0.0430 e. The quantitative estimate of drug-likeness (QED) is 0.560. The Labute approximate surface area is 52.0 Å². The highest BCUT2D eigenvalue weighted by atomic mass is 79.9. The molecule has 0 aliphatic carbocycles. The van der Waals surface area contributed by atoms with Gasteiger partial charge in [-0.15, -0.1) is 11.6 Å². The Balaban J connectivity index is 2.75. The minimum absolute atomic E-state index is 0.324. The van der Waals surface area contributed by atoms with Crippen LogP contribution in [0.5, 0.6) is 0 Å². The molecular formula is C4H8BrCl. The van der Waals surface area contributed by atoms with Gasteiger partial charge in [-0.05, 0) is 6.42 Å². The molecule has 0 nitrogen and oxygen atoms in total. The van der Waals surface area contributed by atoms with E-state index in [4.69, 9.17) is 11.6 Å². The predicted octanol–water partition coefficient (Wildman–Crippen LogP) is 2.40.